The fraction of sp³-hybridized carbons (Fsp3) is 0.154. The zero-order valence-electron chi connectivity index (χ0n) is 18.5. The van der Waals surface area contributed by atoms with Crippen molar-refractivity contribution < 1.29 is 28.9 Å². The van der Waals surface area contributed by atoms with Crippen LogP contribution in [0, 0.1) is 0 Å². The lowest BCUT2D eigenvalue weighted by molar-refractivity contribution is -0.140. The van der Waals surface area contributed by atoms with E-state index in [0.29, 0.717) is 27.8 Å². The third kappa shape index (κ3) is 4.17. The second kappa shape index (κ2) is 9.17. The lowest BCUT2D eigenvalue weighted by atomic mass is 9.95. The Labute approximate surface area is 211 Å². The highest BCUT2D eigenvalue weighted by molar-refractivity contribution is 6.46. The van der Waals surface area contributed by atoms with Crippen molar-refractivity contribution in [3.63, 3.8) is 0 Å². The van der Waals surface area contributed by atoms with Crippen LogP contribution in [0.15, 0.2) is 66.2 Å². The van der Waals surface area contributed by atoms with E-state index in [-0.39, 0.29) is 35.3 Å². The standard InChI is InChI=1S/C26H19Cl2NO6/c1-33-17-4-2-3-15(10-17)23-22(24(30)16-6-7-18(27)19(28)11-16)25(31)26(32)29(23)12-14-5-8-20-21(9-14)35-13-34-20/h2-11,23,30H,12-13H2,1H3/b24-22+. The third-order valence-electron chi connectivity index (χ3n) is 5.93. The Bertz CT molecular complexity index is 1390. The molecule has 1 fully saturated rings. The summed E-state index contributed by atoms with van der Waals surface area (Å²) >= 11 is 12.2. The highest BCUT2D eigenvalue weighted by atomic mass is 35.5. The van der Waals surface area contributed by atoms with E-state index in [1.807, 2.05) is 0 Å². The molecular formula is C26H19Cl2NO6. The maximum atomic E-state index is 13.3. The number of amides is 1. The molecule has 3 aromatic rings. The van der Waals surface area contributed by atoms with E-state index in [4.69, 9.17) is 37.4 Å². The van der Waals surface area contributed by atoms with Crippen LogP contribution in [-0.4, -0.2) is 35.6 Å². The smallest absolute Gasteiger partial charge is 0.295 e. The van der Waals surface area contributed by atoms with E-state index in [0.717, 1.165) is 5.56 Å². The van der Waals surface area contributed by atoms with Crippen molar-refractivity contribution in [3.8, 4) is 17.2 Å². The molecule has 2 aliphatic heterocycles. The van der Waals surface area contributed by atoms with Gasteiger partial charge in [0.2, 0.25) is 6.79 Å². The SMILES string of the molecule is COc1cccc(C2/C(=C(\O)c3ccc(Cl)c(Cl)c3)C(=O)C(=O)N2Cc2ccc3c(c2)OCO3)c1. The number of benzene rings is 3. The van der Waals surface area contributed by atoms with E-state index in [2.05, 4.69) is 0 Å². The van der Waals surface area contributed by atoms with Crippen molar-refractivity contribution in [2.45, 2.75) is 12.6 Å². The van der Waals surface area contributed by atoms with Gasteiger partial charge in [-0.05, 0) is 53.6 Å². The van der Waals surface area contributed by atoms with Gasteiger partial charge < -0.3 is 24.2 Å². The van der Waals surface area contributed by atoms with E-state index >= 15 is 0 Å². The minimum Gasteiger partial charge on any atom is -0.507 e. The van der Waals surface area contributed by atoms with Crippen LogP contribution in [0.1, 0.15) is 22.7 Å². The number of fused-ring (bicyclic) bond motifs is 1. The maximum Gasteiger partial charge on any atom is 0.295 e. The average molecular weight is 512 g/mol. The van der Waals surface area contributed by atoms with Gasteiger partial charge in [0, 0.05) is 12.1 Å². The number of ether oxygens (including phenoxy) is 3. The van der Waals surface area contributed by atoms with Crippen molar-refractivity contribution in [1.82, 2.24) is 4.90 Å². The number of carbonyl (C=O) groups is 2. The molecule has 7 nitrogen and oxygen atoms in total. The molecule has 1 atom stereocenters. The summed E-state index contributed by atoms with van der Waals surface area (Å²) in [4.78, 5) is 27.9. The summed E-state index contributed by atoms with van der Waals surface area (Å²) in [6.07, 6.45) is 0. The van der Waals surface area contributed by atoms with Gasteiger partial charge in [0.1, 0.15) is 11.5 Å². The molecule has 178 valence electrons. The number of Topliss-reactive ketones (excluding diaryl/α,β-unsaturated/α-hetero) is 1. The minimum atomic E-state index is -0.870. The van der Waals surface area contributed by atoms with Gasteiger partial charge in [-0.1, -0.05) is 41.4 Å². The third-order valence-corrected chi connectivity index (χ3v) is 6.67. The first-order valence-electron chi connectivity index (χ1n) is 10.6. The van der Waals surface area contributed by atoms with Crippen molar-refractivity contribution in [3.05, 3.63) is 93.0 Å². The summed E-state index contributed by atoms with van der Waals surface area (Å²) in [7, 11) is 1.53. The highest BCUT2D eigenvalue weighted by Gasteiger charge is 2.46. The molecule has 0 saturated carbocycles. The lowest BCUT2D eigenvalue weighted by Gasteiger charge is -2.26. The van der Waals surface area contributed by atoms with Crippen LogP contribution in [0.3, 0.4) is 0 Å². The fourth-order valence-corrected chi connectivity index (χ4v) is 4.53. The second-order valence-electron chi connectivity index (χ2n) is 8.02. The van der Waals surface area contributed by atoms with Crippen LogP contribution in [0.2, 0.25) is 10.0 Å². The summed E-state index contributed by atoms with van der Waals surface area (Å²) in [6.45, 7) is 0.220. The molecule has 2 aliphatic rings. The van der Waals surface area contributed by atoms with Crippen molar-refractivity contribution >= 4 is 40.7 Å². The first-order chi connectivity index (χ1) is 16.9. The van der Waals surface area contributed by atoms with Crippen LogP contribution in [-0.2, 0) is 16.1 Å². The maximum absolute atomic E-state index is 13.3. The molecule has 5 rings (SSSR count). The van der Waals surface area contributed by atoms with Crippen LogP contribution in [0.25, 0.3) is 5.76 Å². The average Bonchev–Trinajstić information content (AvgIpc) is 3.43. The summed E-state index contributed by atoms with van der Waals surface area (Å²) < 4.78 is 16.2. The van der Waals surface area contributed by atoms with Gasteiger partial charge in [-0.2, -0.15) is 0 Å². The molecule has 2 heterocycles. The molecular weight excluding hydrogens is 493 g/mol. The predicted octanol–water partition coefficient (Wildman–Crippen LogP) is 5.35. The number of aliphatic hydroxyl groups excluding tert-OH is 1. The molecule has 0 bridgehead atoms. The van der Waals surface area contributed by atoms with Crippen LogP contribution in [0.5, 0.6) is 17.2 Å². The minimum absolute atomic E-state index is 0.0533. The van der Waals surface area contributed by atoms with Gasteiger partial charge in [-0.3, -0.25) is 9.59 Å². The van der Waals surface area contributed by atoms with Crippen LogP contribution < -0.4 is 14.2 Å². The van der Waals surface area contributed by atoms with Gasteiger partial charge in [-0.15, -0.1) is 0 Å². The number of methoxy groups -OCH3 is 1. The van der Waals surface area contributed by atoms with Gasteiger partial charge >= 0.3 is 0 Å². The zero-order chi connectivity index (χ0) is 24.7. The number of likely N-dealkylation sites (tertiary alicyclic amines) is 1. The fourth-order valence-electron chi connectivity index (χ4n) is 4.24. The number of carbonyl (C=O) groups excluding carboxylic acids is 2. The monoisotopic (exact) mass is 511 g/mol. The first kappa shape index (κ1) is 23.1. The number of halogens is 2. The number of nitrogens with zero attached hydrogens (tertiary/aromatic N) is 1. The molecule has 35 heavy (non-hydrogen) atoms. The Morgan fingerprint density at radius 2 is 1.83 bits per heavy atom. The molecule has 0 spiro atoms. The first-order valence-corrected chi connectivity index (χ1v) is 11.4. The molecule has 1 amide bonds. The lowest BCUT2D eigenvalue weighted by Crippen LogP contribution is -2.29. The molecule has 0 aromatic heterocycles. The van der Waals surface area contributed by atoms with Gasteiger partial charge in [0.15, 0.2) is 11.5 Å². The number of hydrogen-bond donors (Lipinski definition) is 1. The Kier molecular flexibility index (Phi) is 6.05. The highest BCUT2D eigenvalue weighted by Crippen LogP contribution is 2.42. The molecule has 0 aliphatic carbocycles. The van der Waals surface area contributed by atoms with Crippen LogP contribution >= 0.6 is 23.2 Å². The van der Waals surface area contributed by atoms with Crippen LogP contribution in [0.4, 0.5) is 0 Å². The van der Waals surface area contributed by atoms with Gasteiger partial charge in [-0.25, -0.2) is 0 Å². The van der Waals surface area contributed by atoms with E-state index in [1.165, 1.54) is 30.2 Å². The Morgan fingerprint density at radius 1 is 1.03 bits per heavy atom. The summed E-state index contributed by atoms with van der Waals surface area (Å²) in [6, 6.07) is 16.0. The quantitative estimate of drug-likeness (QED) is 0.282. The van der Waals surface area contributed by atoms with Crippen molar-refractivity contribution in [1.29, 1.82) is 0 Å². The number of hydrogen-bond acceptors (Lipinski definition) is 6. The van der Waals surface area contributed by atoms with Crippen molar-refractivity contribution in [2.24, 2.45) is 0 Å². The van der Waals surface area contributed by atoms with Crippen molar-refractivity contribution in [2.75, 3.05) is 13.9 Å². The second-order valence-corrected chi connectivity index (χ2v) is 8.83. The summed E-state index contributed by atoms with van der Waals surface area (Å²) in [5, 5.41) is 11.7. The molecule has 1 saturated heterocycles. The van der Waals surface area contributed by atoms with Gasteiger partial charge in [0.05, 0.1) is 28.8 Å². The number of ketones is 1. The zero-order valence-corrected chi connectivity index (χ0v) is 20.0. The summed E-state index contributed by atoms with van der Waals surface area (Å²) in [5.74, 6) is -0.166. The Hall–Kier alpha value is -3.68. The van der Waals surface area contributed by atoms with E-state index in [9.17, 15) is 14.7 Å². The normalized spacial score (nSPS) is 18.3. The number of rotatable bonds is 5. The topological polar surface area (TPSA) is 85.3 Å². The summed E-state index contributed by atoms with van der Waals surface area (Å²) in [5.41, 5.74) is 1.56. The van der Waals surface area contributed by atoms with Gasteiger partial charge in [0.25, 0.3) is 11.7 Å². The molecule has 1 N–H and O–H groups in total. The predicted molar refractivity (Wildman–Crippen MR) is 130 cm³/mol. The molecule has 9 heteroatoms. The number of aliphatic hydroxyl groups is 1. The Morgan fingerprint density at radius 3 is 2.60 bits per heavy atom. The molecule has 0 radical (unpaired) electrons. The van der Waals surface area contributed by atoms with E-state index < -0.39 is 17.7 Å². The molecule has 1 unspecified atom stereocenters. The largest absolute Gasteiger partial charge is 0.507 e. The van der Waals surface area contributed by atoms with E-state index in [1.54, 1.807) is 42.5 Å². The Balaban J connectivity index is 1.63. The molecule has 3 aromatic carbocycles.